The first kappa shape index (κ1) is 18.3. The van der Waals surface area contributed by atoms with Gasteiger partial charge in [0.1, 0.15) is 5.75 Å². The molecule has 0 aromatic heterocycles. The van der Waals surface area contributed by atoms with Crippen molar-refractivity contribution in [1.82, 2.24) is 0 Å². The first-order valence-corrected chi connectivity index (χ1v) is 6.08. The SMILES string of the molecule is C=Cc1cccc(OC(C)(C)OC(F)(F)C(F)C(F)(F)F)c1. The number of alkyl halides is 6. The summed E-state index contributed by atoms with van der Waals surface area (Å²) in [7, 11) is 0. The Bertz CT molecular complexity index is 524. The molecule has 0 aliphatic rings. The normalized spacial score (nSPS) is 14.5. The van der Waals surface area contributed by atoms with Gasteiger partial charge in [-0.3, -0.25) is 4.74 Å². The van der Waals surface area contributed by atoms with Gasteiger partial charge in [0, 0.05) is 13.8 Å². The molecule has 0 aliphatic carbocycles. The molecule has 1 aromatic rings. The Kier molecular flexibility index (Phi) is 5.17. The first-order chi connectivity index (χ1) is 9.87. The fraction of sp³-hybridized carbons (Fsp3) is 0.429. The molecular weight excluding hydrogens is 314 g/mol. The highest BCUT2D eigenvalue weighted by molar-refractivity contribution is 5.49. The lowest BCUT2D eigenvalue weighted by Crippen LogP contribution is -2.49. The number of ether oxygens (including phenoxy) is 2. The molecule has 1 atom stereocenters. The topological polar surface area (TPSA) is 18.5 Å². The molecule has 0 aliphatic heterocycles. The largest absolute Gasteiger partial charge is 0.463 e. The summed E-state index contributed by atoms with van der Waals surface area (Å²) < 4.78 is 84.4. The highest BCUT2D eigenvalue weighted by atomic mass is 19.4. The molecule has 22 heavy (non-hydrogen) atoms. The van der Waals surface area contributed by atoms with Gasteiger partial charge in [0.2, 0.25) is 5.79 Å². The third kappa shape index (κ3) is 4.94. The molecule has 0 N–H and O–H groups in total. The first-order valence-electron chi connectivity index (χ1n) is 6.08. The molecule has 1 rings (SSSR count). The molecule has 0 bridgehead atoms. The summed E-state index contributed by atoms with van der Waals surface area (Å²) in [6.45, 7) is 5.39. The van der Waals surface area contributed by atoms with Crippen LogP contribution in [0.1, 0.15) is 19.4 Å². The second kappa shape index (κ2) is 6.20. The zero-order valence-electron chi connectivity index (χ0n) is 11.8. The van der Waals surface area contributed by atoms with E-state index in [1.807, 2.05) is 0 Å². The van der Waals surface area contributed by atoms with E-state index in [1.54, 1.807) is 6.07 Å². The van der Waals surface area contributed by atoms with E-state index in [0.717, 1.165) is 13.8 Å². The van der Waals surface area contributed by atoms with Crippen LogP contribution in [0.5, 0.6) is 5.75 Å². The van der Waals surface area contributed by atoms with Gasteiger partial charge in [-0.1, -0.05) is 24.8 Å². The minimum atomic E-state index is -5.75. The third-order valence-electron chi connectivity index (χ3n) is 2.42. The van der Waals surface area contributed by atoms with Crippen LogP contribution in [-0.4, -0.2) is 24.2 Å². The van der Waals surface area contributed by atoms with Gasteiger partial charge in [0.25, 0.3) is 6.17 Å². The molecule has 124 valence electrons. The molecular formula is C14H14F6O2. The van der Waals surface area contributed by atoms with E-state index in [4.69, 9.17) is 4.74 Å². The lowest BCUT2D eigenvalue weighted by Gasteiger charge is -2.32. The summed E-state index contributed by atoms with van der Waals surface area (Å²) in [6, 6.07) is 5.96. The van der Waals surface area contributed by atoms with Crippen molar-refractivity contribution < 1.29 is 35.8 Å². The van der Waals surface area contributed by atoms with Crippen molar-refractivity contribution in [2.24, 2.45) is 0 Å². The van der Waals surface area contributed by atoms with Gasteiger partial charge in [-0.05, 0) is 17.7 Å². The van der Waals surface area contributed by atoms with E-state index in [0.29, 0.717) is 5.56 Å². The van der Waals surface area contributed by atoms with Gasteiger partial charge in [0.05, 0.1) is 0 Å². The molecule has 1 unspecified atom stereocenters. The lowest BCUT2D eigenvalue weighted by atomic mass is 10.2. The maximum atomic E-state index is 13.2. The quantitative estimate of drug-likeness (QED) is 0.543. The molecule has 2 nitrogen and oxygen atoms in total. The molecule has 8 heteroatoms. The summed E-state index contributed by atoms with van der Waals surface area (Å²) in [4.78, 5) is 0. The Balaban J connectivity index is 2.88. The summed E-state index contributed by atoms with van der Waals surface area (Å²) in [6.07, 6.45) is -13.8. The molecule has 0 radical (unpaired) electrons. The van der Waals surface area contributed by atoms with Crippen LogP contribution in [0, 0.1) is 0 Å². The van der Waals surface area contributed by atoms with Crippen LogP contribution in [0.15, 0.2) is 30.8 Å². The van der Waals surface area contributed by atoms with Crippen molar-refractivity contribution in [2.75, 3.05) is 0 Å². The van der Waals surface area contributed by atoms with Crippen molar-refractivity contribution in [2.45, 2.75) is 38.1 Å². The zero-order chi connectivity index (χ0) is 17.2. The Labute approximate surface area is 123 Å². The van der Waals surface area contributed by atoms with Crippen molar-refractivity contribution in [3.8, 4) is 5.75 Å². The number of halogens is 6. The maximum absolute atomic E-state index is 13.2. The van der Waals surface area contributed by atoms with Crippen LogP contribution < -0.4 is 4.74 Å². The molecule has 1 aromatic carbocycles. The van der Waals surface area contributed by atoms with Gasteiger partial charge in [-0.15, -0.1) is 0 Å². The summed E-state index contributed by atoms with van der Waals surface area (Å²) in [5, 5.41) is 0. The number of benzene rings is 1. The van der Waals surface area contributed by atoms with Crippen LogP contribution in [0.4, 0.5) is 26.3 Å². The molecule has 0 fully saturated rings. The van der Waals surface area contributed by atoms with E-state index in [-0.39, 0.29) is 5.75 Å². The van der Waals surface area contributed by atoms with Gasteiger partial charge in [-0.2, -0.15) is 22.0 Å². The molecule has 0 saturated heterocycles. The molecule has 0 spiro atoms. The number of rotatable bonds is 6. The van der Waals surface area contributed by atoms with Crippen LogP contribution >= 0.6 is 0 Å². The summed E-state index contributed by atoms with van der Waals surface area (Å²) >= 11 is 0. The Morgan fingerprint density at radius 3 is 2.23 bits per heavy atom. The number of hydrogen-bond donors (Lipinski definition) is 0. The fourth-order valence-electron chi connectivity index (χ4n) is 1.58. The molecule has 0 amide bonds. The van der Waals surface area contributed by atoms with Crippen molar-refractivity contribution in [3.63, 3.8) is 0 Å². The second-order valence-corrected chi connectivity index (χ2v) is 4.85. The molecule has 0 saturated carbocycles. The van der Waals surface area contributed by atoms with Gasteiger partial charge in [-0.25, -0.2) is 4.39 Å². The summed E-state index contributed by atoms with van der Waals surface area (Å²) in [5.41, 5.74) is 0.596. The van der Waals surface area contributed by atoms with Crippen LogP contribution in [-0.2, 0) is 4.74 Å². The van der Waals surface area contributed by atoms with Gasteiger partial charge >= 0.3 is 12.3 Å². The average molecular weight is 328 g/mol. The van der Waals surface area contributed by atoms with E-state index >= 15 is 0 Å². The third-order valence-corrected chi connectivity index (χ3v) is 2.42. The van der Waals surface area contributed by atoms with Crippen LogP contribution in [0.3, 0.4) is 0 Å². The van der Waals surface area contributed by atoms with E-state index < -0.39 is 24.2 Å². The standard InChI is InChI=1S/C14H14F6O2/c1-4-9-6-5-7-10(8-9)21-12(2,3)22-14(19,20)11(15)13(16,17)18/h4-8,11H,1H2,2-3H3. The minimum absolute atomic E-state index is 0.0561. The highest BCUT2D eigenvalue weighted by Crippen LogP contribution is 2.38. The zero-order valence-corrected chi connectivity index (χ0v) is 11.8. The smallest absolute Gasteiger partial charge is 0.428 e. The Hall–Kier alpha value is -1.70. The van der Waals surface area contributed by atoms with Gasteiger partial charge in [0.15, 0.2) is 0 Å². The van der Waals surface area contributed by atoms with Crippen LogP contribution in [0.2, 0.25) is 0 Å². The summed E-state index contributed by atoms with van der Waals surface area (Å²) in [5.74, 6) is -2.14. The maximum Gasteiger partial charge on any atom is 0.428 e. The van der Waals surface area contributed by atoms with Crippen molar-refractivity contribution in [1.29, 1.82) is 0 Å². The predicted octanol–water partition coefficient (Wildman–Crippen LogP) is 4.95. The second-order valence-electron chi connectivity index (χ2n) is 4.85. The number of hydrogen-bond acceptors (Lipinski definition) is 2. The monoisotopic (exact) mass is 328 g/mol. The van der Waals surface area contributed by atoms with Crippen molar-refractivity contribution in [3.05, 3.63) is 36.4 Å². The minimum Gasteiger partial charge on any atom is -0.463 e. The lowest BCUT2D eigenvalue weighted by molar-refractivity contribution is -0.387. The van der Waals surface area contributed by atoms with Gasteiger partial charge < -0.3 is 4.74 Å². The van der Waals surface area contributed by atoms with E-state index in [2.05, 4.69) is 11.3 Å². The van der Waals surface area contributed by atoms with Crippen molar-refractivity contribution >= 4 is 6.08 Å². The van der Waals surface area contributed by atoms with E-state index in [1.165, 1.54) is 24.3 Å². The predicted molar refractivity (Wildman–Crippen MR) is 68.2 cm³/mol. The van der Waals surface area contributed by atoms with E-state index in [9.17, 15) is 26.3 Å². The Morgan fingerprint density at radius 1 is 1.14 bits per heavy atom. The Morgan fingerprint density at radius 2 is 1.73 bits per heavy atom. The highest BCUT2D eigenvalue weighted by Gasteiger charge is 2.60. The fourth-order valence-corrected chi connectivity index (χ4v) is 1.58. The average Bonchev–Trinajstić information content (AvgIpc) is 2.35. The van der Waals surface area contributed by atoms with Crippen LogP contribution in [0.25, 0.3) is 6.08 Å². The molecule has 0 heterocycles.